The third-order valence-electron chi connectivity index (χ3n) is 3.60. The summed E-state index contributed by atoms with van der Waals surface area (Å²) in [5, 5.41) is 11.7. The molecule has 1 aromatic rings. The predicted octanol–water partition coefficient (Wildman–Crippen LogP) is 3.84. The molecule has 1 fully saturated rings. The lowest BCUT2D eigenvalue weighted by Crippen LogP contribution is -2.30. The smallest absolute Gasteiger partial charge is 0.230 e. The lowest BCUT2D eigenvalue weighted by Gasteiger charge is -2.22. The molecule has 1 aliphatic carbocycles. The molecule has 3 nitrogen and oxygen atoms in total. The highest BCUT2D eigenvalue weighted by atomic mass is 79.9. The molecule has 0 heterocycles. The van der Waals surface area contributed by atoms with E-state index in [1.54, 1.807) is 18.2 Å². The second-order valence-electron chi connectivity index (χ2n) is 5.03. The summed E-state index contributed by atoms with van der Waals surface area (Å²) in [6, 6.07) is 7.25. The van der Waals surface area contributed by atoms with Gasteiger partial charge < -0.3 is 5.32 Å². The van der Waals surface area contributed by atoms with E-state index in [0.717, 1.165) is 35.8 Å². The van der Waals surface area contributed by atoms with Gasteiger partial charge in [-0.3, -0.25) is 4.79 Å². The number of anilines is 1. The van der Waals surface area contributed by atoms with Crippen molar-refractivity contribution in [2.75, 3.05) is 5.32 Å². The molecule has 0 bridgehead atoms. The van der Waals surface area contributed by atoms with Gasteiger partial charge in [-0.05, 0) is 47.0 Å². The molecule has 0 atom stereocenters. The summed E-state index contributed by atoms with van der Waals surface area (Å²) in [6.07, 6.45) is 4.15. The molecule has 1 amide bonds. The first-order chi connectivity index (χ1) is 8.55. The van der Waals surface area contributed by atoms with E-state index in [1.807, 2.05) is 6.92 Å². The molecule has 0 radical (unpaired) electrons. The van der Waals surface area contributed by atoms with Crippen LogP contribution in [0.15, 0.2) is 22.7 Å². The monoisotopic (exact) mass is 306 g/mol. The van der Waals surface area contributed by atoms with E-state index < -0.39 is 0 Å². The molecule has 94 valence electrons. The minimum absolute atomic E-state index is 0.0745. The SMILES string of the molecule is CC1(C(=O)Nc2ccc(C#N)cc2Br)CCCC1. The Hall–Kier alpha value is -1.34. The van der Waals surface area contributed by atoms with Gasteiger partial charge in [0.2, 0.25) is 5.91 Å². The fourth-order valence-electron chi connectivity index (χ4n) is 2.34. The highest BCUT2D eigenvalue weighted by Crippen LogP contribution is 2.39. The standard InChI is InChI=1S/C14H15BrN2O/c1-14(6-2-3-7-14)13(18)17-12-5-4-10(9-16)8-11(12)15/h4-5,8H,2-3,6-7H2,1H3,(H,17,18). The van der Waals surface area contributed by atoms with E-state index in [2.05, 4.69) is 27.3 Å². The first kappa shape index (κ1) is 13.1. The Morgan fingerprint density at radius 1 is 1.44 bits per heavy atom. The Labute approximate surface area is 115 Å². The first-order valence-electron chi connectivity index (χ1n) is 6.06. The average molecular weight is 307 g/mol. The Morgan fingerprint density at radius 3 is 2.67 bits per heavy atom. The molecular formula is C14H15BrN2O. The third-order valence-corrected chi connectivity index (χ3v) is 4.26. The molecule has 2 rings (SSSR count). The van der Waals surface area contributed by atoms with Gasteiger partial charge in [-0.15, -0.1) is 0 Å². The van der Waals surface area contributed by atoms with Crippen LogP contribution in [-0.2, 0) is 4.79 Å². The maximum absolute atomic E-state index is 12.2. The van der Waals surface area contributed by atoms with Crippen molar-refractivity contribution in [1.82, 2.24) is 0 Å². The molecule has 1 N–H and O–H groups in total. The van der Waals surface area contributed by atoms with Gasteiger partial charge in [0.25, 0.3) is 0 Å². The van der Waals surface area contributed by atoms with Crippen molar-refractivity contribution in [1.29, 1.82) is 5.26 Å². The number of carbonyl (C=O) groups is 1. The fraction of sp³-hybridized carbons (Fsp3) is 0.429. The number of carbonyl (C=O) groups excluding carboxylic acids is 1. The van der Waals surface area contributed by atoms with Crippen LogP contribution in [0.3, 0.4) is 0 Å². The Bertz CT molecular complexity index is 513. The van der Waals surface area contributed by atoms with Gasteiger partial charge in [0.15, 0.2) is 0 Å². The number of nitriles is 1. The Kier molecular flexibility index (Phi) is 3.72. The van der Waals surface area contributed by atoms with E-state index in [0.29, 0.717) is 5.56 Å². The van der Waals surface area contributed by atoms with Gasteiger partial charge in [-0.25, -0.2) is 0 Å². The molecule has 18 heavy (non-hydrogen) atoms. The molecule has 1 aromatic carbocycles. The van der Waals surface area contributed by atoms with E-state index in [1.165, 1.54) is 0 Å². The Balaban J connectivity index is 2.15. The number of halogens is 1. The first-order valence-corrected chi connectivity index (χ1v) is 6.85. The quantitative estimate of drug-likeness (QED) is 0.902. The topological polar surface area (TPSA) is 52.9 Å². The minimum atomic E-state index is -0.243. The number of benzene rings is 1. The summed E-state index contributed by atoms with van der Waals surface area (Å²) in [4.78, 5) is 12.2. The van der Waals surface area contributed by atoms with Gasteiger partial charge in [0.1, 0.15) is 0 Å². The van der Waals surface area contributed by atoms with Crippen LogP contribution in [0.1, 0.15) is 38.2 Å². The molecule has 0 saturated heterocycles. The van der Waals surface area contributed by atoms with Gasteiger partial charge >= 0.3 is 0 Å². The van der Waals surface area contributed by atoms with Gasteiger partial charge in [0.05, 0.1) is 17.3 Å². The van der Waals surface area contributed by atoms with Crippen molar-refractivity contribution in [2.24, 2.45) is 5.41 Å². The summed E-state index contributed by atoms with van der Waals surface area (Å²) in [7, 11) is 0. The van der Waals surface area contributed by atoms with Crippen molar-refractivity contribution in [2.45, 2.75) is 32.6 Å². The zero-order chi connectivity index (χ0) is 13.2. The highest BCUT2D eigenvalue weighted by molar-refractivity contribution is 9.10. The number of hydrogen-bond donors (Lipinski definition) is 1. The molecule has 4 heteroatoms. The summed E-state index contributed by atoms with van der Waals surface area (Å²) >= 11 is 3.38. The van der Waals surface area contributed by atoms with E-state index in [4.69, 9.17) is 5.26 Å². The van der Waals surface area contributed by atoms with Crippen molar-refractivity contribution < 1.29 is 4.79 Å². The van der Waals surface area contributed by atoms with Crippen LogP contribution in [0.2, 0.25) is 0 Å². The number of nitrogens with zero attached hydrogens (tertiary/aromatic N) is 1. The van der Waals surface area contributed by atoms with Gasteiger partial charge in [-0.2, -0.15) is 5.26 Å². The van der Waals surface area contributed by atoms with Crippen LogP contribution in [-0.4, -0.2) is 5.91 Å². The summed E-state index contributed by atoms with van der Waals surface area (Å²) in [6.45, 7) is 2.02. The fourth-order valence-corrected chi connectivity index (χ4v) is 2.82. The molecule has 0 aromatic heterocycles. The number of rotatable bonds is 2. The second-order valence-corrected chi connectivity index (χ2v) is 5.88. The van der Waals surface area contributed by atoms with Gasteiger partial charge in [0, 0.05) is 9.89 Å². The van der Waals surface area contributed by atoms with E-state index in [9.17, 15) is 4.79 Å². The third kappa shape index (κ3) is 2.56. The summed E-state index contributed by atoms with van der Waals surface area (Å²) in [5.74, 6) is 0.0745. The molecule has 0 spiro atoms. The zero-order valence-electron chi connectivity index (χ0n) is 10.3. The maximum Gasteiger partial charge on any atom is 0.230 e. The lowest BCUT2D eigenvalue weighted by atomic mass is 9.88. The average Bonchev–Trinajstić information content (AvgIpc) is 2.80. The largest absolute Gasteiger partial charge is 0.325 e. The molecular weight excluding hydrogens is 292 g/mol. The molecule has 0 unspecified atom stereocenters. The molecule has 1 aliphatic rings. The van der Waals surface area contributed by atoms with Crippen molar-refractivity contribution in [3.8, 4) is 6.07 Å². The molecule has 1 saturated carbocycles. The second kappa shape index (κ2) is 5.11. The maximum atomic E-state index is 12.2. The van der Waals surface area contributed by atoms with Crippen molar-refractivity contribution in [3.63, 3.8) is 0 Å². The lowest BCUT2D eigenvalue weighted by molar-refractivity contribution is -0.124. The number of nitrogens with one attached hydrogen (secondary N) is 1. The van der Waals surface area contributed by atoms with Crippen LogP contribution >= 0.6 is 15.9 Å². The number of hydrogen-bond acceptors (Lipinski definition) is 2. The van der Waals surface area contributed by atoms with Crippen LogP contribution in [0.5, 0.6) is 0 Å². The van der Waals surface area contributed by atoms with Crippen molar-refractivity contribution in [3.05, 3.63) is 28.2 Å². The molecule has 0 aliphatic heterocycles. The highest BCUT2D eigenvalue weighted by Gasteiger charge is 2.36. The van der Waals surface area contributed by atoms with E-state index in [-0.39, 0.29) is 11.3 Å². The van der Waals surface area contributed by atoms with Crippen LogP contribution in [0.4, 0.5) is 5.69 Å². The normalized spacial score (nSPS) is 17.2. The number of amides is 1. The van der Waals surface area contributed by atoms with Gasteiger partial charge in [-0.1, -0.05) is 19.8 Å². The summed E-state index contributed by atoms with van der Waals surface area (Å²) in [5.41, 5.74) is 1.06. The van der Waals surface area contributed by atoms with Crippen LogP contribution < -0.4 is 5.32 Å². The Morgan fingerprint density at radius 2 is 2.11 bits per heavy atom. The minimum Gasteiger partial charge on any atom is -0.325 e. The van der Waals surface area contributed by atoms with E-state index >= 15 is 0 Å². The van der Waals surface area contributed by atoms with Crippen LogP contribution in [0.25, 0.3) is 0 Å². The zero-order valence-corrected chi connectivity index (χ0v) is 11.9. The predicted molar refractivity (Wildman–Crippen MR) is 74.1 cm³/mol. The summed E-state index contributed by atoms with van der Waals surface area (Å²) < 4.78 is 0.747. The van der Waals surface area contributed by atoms with Crippen LogP contribution in [0, 0.1) is 16.7 Å². The van der Waals surface area contributed by atoms with Crippen molar-refractivity contribution >= 4 is 27.5 Å².